The van der Waals surface area contributed by atoms with Crippen LogP contribution in [0.25, 0.3) is 0 Å². The van der Waals surface area contributed by atoms with Crippen LogP contribution in [0.5, 0.6) is 0 Å². The molecule has 0 saturated carbocycles. The van der Waals surface area contributed by atoms with E-state index in [1.54, 1.807) is 13.8 Å². The van der Waals surface area contributed by atoms with Crippen molar-refractivity contribution in [2.24, 2.45) is 0 Å². The minimum atomic E-state index is -0.731. The maximum Gasteiger partial charge on any atom is 0.0632 e. The van der Waals surface area contributed by atoms with Crippen molar-refractivity contribution in [1.82, 2.24) is 4.90 Å². The number of rotatable bonds is 13. The molecule has 0 aromatic heterocycles. The highest BCUT2D eigenvalue weighted by atomic mass is 16.3. The van der Waals surface area contributed by atoms with Crippen LogP contribution in [0, 0.1) is 0 Å². The summed E-state index contributed by atoms with van der Waals surface area (Å²) >= 11 is 0. The van der Waals surface area contributed by atoms with Crippen molar-refractivity contribution in [1.29, 1.82) is 0 Å². The number of hydrogen-bond donors (Lipinski definition) is 3. The van der Waals surface area contributed by atoms with E-state index in [1.165, 1.54) is 5.56 Å². The summed E-state index contributed by atoms with van der Waals surface area (Å²) in [4.78, 5) is 2.23. The molecule has 3 N–H and O–H groups in total. The summed E-state index contributed by atoms with van der Waals surface area (Å²) in [6.07, 6.45) is 5.05. The molecule has 2 atom stereocenters. The van der Waals surface area contributed by atoms with Gasteiger partial charge in [-0.2, -0.15) is 0 Å². The van der Waals surface area contributed by atoms with E-state index in [4.69, 9.17) is 0 Å². The second kappa shape index (κ2) is 10.6. The molecule has 0 fully saturated rings. The summed E-state index contributed by atoms with van der Waals surface area (Å²) in [6.45, 7) is 9.07. The fourth-order valence-electron chi connectivity index (χ4n) is 3.41. The maximum absolute atomic E-state index is 10.7. The Bertz CT molecular complexity index is 520. The Morgan fingerprint density at radius 3 is 1.74 bits per heavy atom. The topological polar surface area (TPSA) is 63.9 Å². The summed E-state index contributed by atoms with van der Waals surface area (Å²) in [5.74, 6) is 0. The average Bonchev–Trinajstić information content (AvgIpc) is 2.52. The Morgan fingerprint density at radius 1 is 0.741 bits per heavy atom. The van der Waals surface area contributed by atoms with Gasteiger partial charge in [0.1, 0.15) is 0 Å². The number of nitrogens with zero attached hydrogens (tertiary/aromatic N) is 1. The Morgan fingerprint density at radius 2 is 1.22 bits per heavy atom. The molecular weight excluding hydrogens is 338 g/mol. The smallest absolute Gasteiger partial charge is 0.0632 e. The van der Waals surface area contributed by atoms with Gasteiger partial charge in [-0.05, 0) is 85.3 Å². The van der Waals surface area contributed by atoms with Crippen LogP contribution in [0.4, 0.5) is 0 Å². The van der Waals surface area contributed by atoms with Crippen LogP contribution in [0.1, 0.15) is 78.2 Å². The molecule has 0 aliphatic carbocycles. The molecule has 1 rings (SSSR count). The number of benzene rings is 1. The van der Waals surface area contributed by atoms with Crippen LogP contribution in [-0.4, -0.2) is 50.6 Å². The molecular formula is C23H41NO3. The van der Waals surface area contributed by atoms with Crippen LogP contribution in [0.15, 0.2) is 30.3 Å². The summed E-state index contributed by atoms with van der Waals surface area (Å²) in [7, 11) is 2.08. The fraction of sp³-hybridized carbons (Fsp3) is 0.739. The van der Waals surface area contributed by atoms with Crippen LogP contribution in [0.2, 0.25) is 0 Å². The van der Waals surface area contributed by atoms with E-state index >= 15 is 0 Å². The van der Waals surface area contributed by atoms with Crippen LogP contribution < -0.4 is 0 Å². The molecule has 0 radical (unpaired) electrons. The van der Waals surface area contributed by atoms with E-state index in [9.17, 15) is 15.3 Å². The third kappa shape index (κ3) is 12.2. The lowest BCUT2D eigenvalue weighted by atomic mass is 9.87. The molecule has 1 aromatic carbocycles. The predicted molar refractivity (Wildman–Crippen MR) is 113 cm³/mol. The molecule has 0 heterocycles. The molecule has 27 heavy (non-hydrogen) atoms. The zero-order valence-corrected chi connectivity index (χ0v) is 18.0. The first kappa shape index (κ1) is 24.1. The average molecular weight is 380 g/mol. The monoisotopic (exact) mass is 379 g/mol. The van der Waals surface area contributed by atoms with Crippen molar-refractivity contribution >= 4 is 0 Å². The van der Waals surface area contributed by atoms with Gasteiger partial charge >= 0.3 is 0 Å². The van der Waals surface area contributed by atoms with Crippen molar-refractivity contribution in [3.63, 3.8) is 0 Å². The SMILES string of the molecule is CN(CCC(C)(O)CCCC(C)(O)CCCC(C)(C)O)Cc1ccccc1. The molecule has 0 saturated heterocycles. The van der Waals surface area contributed by atoms with Gasteiger partial charge in [-0.25, -0.2) is 0 Å². The largest absolute Gasteiger partial charge is 0.390 e. The van der Waals surface area contributed by atoms with Gasteiger partial charge in [-0.3, -0.25) is 0 Å². The number of hydrogen-bond acceptors (Lipinski definition) is 4. The highest BCUT2D eigenvalue weighted by Crippen LogP contribution is 2.26. The molecule has 4 heteroatoms. The van der Waals surface area contributed by atoms with Crippen molar-refractivity contribution in [3.8, 4) is 0 Å². The van der Waals surface area contributed by atoms with E-state index in [0.29, 0.717) is 25.7 Å². The summed E-state index contributed by atoms with van der Waals surface area (Å²) in [5.41, 5.74) is -0.841. The highest BCUT2D eigenvalue weighted by molar-refractivity contribution is 5.14. The molecule has 1 aromatic rings. The van der Waals surface area contributed by atoms with Crippen molar-refractivity contribution in [2.75, 3.05) is 13.6 Å². The second-order valence-corrected chi connectivity index (χ2v) is 9.49. The van der Waals surface area contributed by atoms with Gasteiger partial charge in [-0.15, -0.1) is 0 Å². The van der Waals surface area contributed by atoms with E-state index < -0.39 is 16.8 Å². The minimum Gasteiger partial charge on any atom is -0.390 e. The quantitative estimate of drug-likeness (QED) is 0.482. The third-order valence-electron chi connectivity index (χ3n) is 5.26. The Labute approximate surface area is 166 Å². The van der Waals surface area contributed by atoms with E-state index in [0.717, 1.165) is 32.4 Å². The van der Waals surface area contributed by atoms with Crippen LogP contribution in [-0.2, 0) is 6.54 Å². The van der Waals surface area contributed by atoms with Crippen LogP contribution in [0.3, 0.4) is 0 Å². The first-order chi connectivity index (χ1) is 12.4. The fourth-order valence-corrected chi connectivity index (χ4v) is 3.41. The second-order valence-electron chi connectivity index (χ2n) is 9.49. The van der Waals surface area contributed by atoms with Crippen molar-refractivity contribution in [3.05, 3.63) is 35.9 Å². The molecule has 0 bridgehead atoms. The molecule has 156 valence electrons. The Hall–Kier alpha value is -0.940. The van der Waals surface area contributed by atoms with Gasteiger partial charge in [0, 0.05) is 13.1 Å². The normalized spacial score (nSPS) is 16.9. The summed E-state index contributed by atoms with van der Waals surface area (Å²) in [5, 5.41) is 31.0. The standard InChI is InChI=1S/C23H41NO3/c1-21(2,25)13-9-14-22(3,26)15-10-16-23(4,27)17-18-24(5)19-20-11-7-6-8-12-20/h6-8,11-12,25-27H,9-10,13-19H2,1-5H3. The maximum atomic E-state index is 10.7. The van der Waals surface area contributed by atoms with Gasteiger partial charge in [0.25, 0.3) is 0 Å². The van der Waals surface area contributed by atoms with Gasteiger partial charge in [-0.1, -0.05) is 30.3 Å². The first-order valence-corrected chi connectivity index (χ1v) is 10.3. The zero-order chi connectivity index (χ0) is 20.6. The zero-order valence-electron chi connectivity index (χ0n) is 18.0. The van der Waals surface area contributed by atoms with Gasteiger partial charge in [0.2, 0.25) is 0 Å². The molecule has 0 aliphatic heterocycles. The van der Waals surface area contributed by atoms with E-state index in [2.05, 4.69) is 24.1 Å². The molecule has 0 aliphatic rings. The minimum absolute atomic E-state index is 0.675. The Kier molecular flexibility index (Phi) is 9.43. The van der Waals surface area contributed by atoms with Gasteiger partial charge < -0.3 is 20.2 Å². The van der Waals surface area contributed by atoms with Gasteiger partial charge in [0.05, 0.1) is 16.8 Å². The first-order valence-electron chi connectivity index (χ1n) is 10.3. The number of aliphatic hydroxyl groups is 3. The molecule has 0 spiro atoms. The molecule has 2 unspecified atom stereocenters. The summed E-state index contributed by atoms with van der Waals surface area (Å²) in [6, 6.07) is 10.4. The predicted octanol–water partition coefficient (Wildman–Crippen LogP) is 4.12. The van der Waals surface area contributed by atoms with E-state index in [1.807, 2.05) is 32.0 Å². The van der Waals surface area contributed by atoms with E-state index in [-0.39, 0.29) is 0 Å². The lowest BCUT2D eigenvalue weighted by Crippen LogP contribution is -2.32. The summed E-state index contributed by atoms with van der Waals surface area (Å²) < 4.78 is 0. The van der Waals surface area contributed by atoms with Crippen molar-refractivity contribution < 1.29 is 15.3 Å². The third-order valence-corrected chi connectivity index (χ3v) is 5.26. The molecule has 4 nitrogen and oxygen atoms in total. The Balaban J connectivity index is 2.27. The molecule has 0 amide bonds. The van der Waals surface area contributed by atoms with Crippen LogP contribution >= 0.6 is 0 Å². The van der Waals surface area contributed by atoms with Crippen molar-refractivity contribution in [2.45, 2.75) is 96.0 Å². The lowest BCUT2D eigenvalue weighted by molar-refractivity contribution is 0.00377. The van der Waals surface area contributed by atoms with Gasteiger partial charge in [0.15, 0.2) is 0 Å². The highest BCUT2D eigenvalue weighted by Gasteiger charge is 2.25. The lowest BCUT2D eigenvalue weighted by Gasteiger charge is -2.29.